The predicted octanol–water partition coefficient (Wildman–Crippen LogP) is 3.23. The summed E-state index contributed by atoms with van der Waals surface area (Å²) in [5, 5.41) is 0. The third-order valence-electron chi connectivity index (χ3n) is 3.21. The van der Waals surface area contributed by atoms with Gasteiger partial charge in [-0.05, 0) is 36.2 Å². The summed E-state index contributed by atoms with van der Waals surface area (Å²) >= 11 is 0. The summed E-state index contributed by atoms with van der Waals surface area (Å²) in [4.78, 5) is 2.09. The molecule has 2 nitrogen and oxygen atoms in total. The summed E-state index contributed by atoms with van der Waals surface area (Å²) in [6.45, 7) is 3.18. The molecule has 0 unspecified atom stereocenters. The number of hydrogen-bond acceptors (Lipinski definition) is 2. The third kappa shape index (κ3) is 3.32. The number of nitrogens with zero attached hydrogens (tertiary/aromatic N) is 1. The highest BCUT2D eigenvalue weighted by molar-refractivity contribution is 5.53. The molecule has 2 N–H and O–H groups in total. The second-order valence-corrected chi connectivity index (χ2v) is 4.82. The number of anilines is 1. The lowest BCUT2D eigenvalue weighted by atomic mass is 10.1. The monoisotopic (exact) mass is 258 g/mol. The van der Waals surface area contributed by atoms with E-state index in [9.17, 15) is 4.39 Å². The molecule has 0 spiro atoms. The topological polar surface area (TPSA) is 29.3 Å². The summed E-state index contributed by atoms with van der Waals surface area (Å²) < 4.78 is 13.2. The van der Waals surface area contributed by atoms with Crippen LogP contribution in [0.25, 0.3) is 0 Å². The largest absolute Gasteiger partial charge is 0.370 e. The Morgan fingerprint density at radius 3 is 2.42 bits per heavy atom. The standard InChI is InChI=1S/C16H19FN2/c1-12-3-5-13(6-4-12)11-19(2)16-8-7-15(17)9-14(16)10-18/h3-9H,10-11,18H2,1-2H3. The van der Waals surface area contributed by atoms with E-state index in [2.05, 4.69) is 36.1 Å². The molecule has 0 aliphatic rings. The molecule has 2 rings (SSSR count). The Bertz CT molecular complexity index is 549. The summed E-state index contributed by atoms with van der Waals surface area (Å²) in [5.74, 6) is -0.243. The molecule has 100 valence electrons. The van der Waals surface area contributed by atoms with Crippen molar-refractivity contribution in [1.29, 1.82) is 0 Å². The molecule has 0 atom stereocenters. The van der Waals surface area contributed by atoms with Crippen LogP contribution in [0.15, 0.2) is 42.5 Å². The first-order valence-electron chi connectivity index (χ1n) is 6.35. The molecule has 0 fully saturated rings. The molecule has 0 aliphatic heterocycles. The molecular weight excluding hydrogens is 239 g/mol. The lowest BCUT2D eigenvalue weighted by molar-refractivity contribution is 0.625. The average molecular weight is 258 g/mol. The number of rotatable bonds is 4. The van der Waals surface area contributed by atoms with E-state index in [1.165, 1.54) is 23.3 Å². The van der Waals surface area contributed by atoms with Gasteiger partial charge in [0.25, 0.3) is 0 Å². The lowest BCUT2D eigenvalue weighted by Crippen LogP contribution is -2.19. The highest BCUT2D eigenvalue weighted by Gasteiger charge is 2.08. The van der Waals surface area contributed by atoms with Crippen molar-refractivity contribution in [2.45, 2.75) is 20.0 Å². The van der Waals surface area contributed by atoms with Crippen LogP contribution in [0, 0.1) is 12.7 Å². The summed E-state index contributed by atoms with van der Waals surface area (Å²) in [7, 11) is 1.99. The molecule has 2 aromatic carbocycles. The molecule has 0 amide bonds. The fraction of sp³-hybridized carbons (Fsp3) is 0.250. The Morgan fingerprint density at radius 2 is 1.79 bits per heavy atom. The van der Waals surface area contributed by atoms with Gasteiger partial charge in [0.15, 0.2) is 0 Å². The maximum absolute atomic E-state index is 13.2. The van der Waals surface area contributed by atoms with E-state index in [0.29, 0.717) is 6.54 Å². The van der Waals surface area contributed by atoms with Crippen molar-refractivity contribution in [3.05, 3.63) is 65.0 Å². The molecule has 0 bridgehead atoms. The van der Waals surface area contributed by atoms with Crippen molar-refractivity contribution < 1.29 is 4.39 Å². The second-order valence-electron chi connectivity index (χ2n) is 4.82. The zero-order valence-electron chi connectivity index (χ0n) is 11.4. The number of nitrogens with two attached hydrogens (primary N) is 1. The van der Waals surface area contributed by atoms with Gasteiger partial charge in [-0.2, -0.15) is 0 Å². The zero-order valence-corrected chi connectivity index (χ0v) is 11.4. The summed E-state index contributed by atoms with van der Waals surface area (Å²) in [5.41, 5.74) is 9.95. The summed E-state index contributed by atoms with van der Waals surface area (Å²) in [6, 6.07) is 13.2. The van der Waals surface area contributed by atoms with Crippen molar-refractivity contribution in [2.75, 3.05) is 11.9 Å². The van der Waals surface area contributed by atoms with Gasteiger partial charge in [0, 0.05) is 25.8 Å². The van der Waals surface area contributed by atoms with Gasteiger partial charge in [0.1, 0.15) is 5.82 Å². The molecule has 0 aliphatic carbocycles. The molecule has 0 radical (unpaired) electrons. The van der Waals surface area contributed by atoms with Crippen LogP contribution in [0.2, 0.25) is 0 Å². The normalized spacial score (nSPS) is 10.5. The van der Waals surface area contributed by atoms with Crippen LogP contribution in [0.4, 0.5) is 10.1 Å². The predicted molar refractivity (Wildman–Crippen MR) is 77.6 cm³/mol. The molecule has 0 aromatic heterocycles. The number of hydrogen-bond donors (Lipinski definition) is 1. The molecule has 0 saturated carbocycles. The van der Waals surface area contributed by atoms with Gasteiger partial charge in [-0.1, -0.05) is 29.8 Å². The summed E-state index contributed by atoms with van der Waals surface area (Å²) in [6.07, 6.45) is 0. The Labute approximate surface area is 113 Å². The van der Waals surface area contributed by atoms with E-state index in [1.807, 2.05) is 7.05 Å². The number of aryl methyl sites for hydroxylation is 1. The molecule has 3 heteroatoms. The van der Waals surface area contributed by atoms with Crippen LogP contribution in [0.3, 0.4) is 0 Å². The molecule has 0 heterocycles. The maximum atomic E-state index is 13.2. The van der Waals surface area contributed by atoms with Gasteiger partial charge in [-0.25, -0.2) is 4.39 Å². The third-order valence-corrected chi connectivity index (χ3v) is 3.21. The quantitative estimate of drug-likeness (QED) is 0.912. The van der Waals surface area contributed by atoms with Crippen LogP contribution in [0.1, 0.15) is 16.7 Å². The van der Waals surface area contributed by atoms with Crippen molar-refractivity contribution >= 4 is 5.69 Å². The van der Waals surface area contributed by atoms with E-state index < -0.39 is 0 Å². The van der Waals surface area contributed by atoms with E-state index in [1.54, 1.807) is 6.07 Å². The van der Waals surface area contributed by atoms with E-state index in [4.69, 9.17) is 5.73 Å². The molecule has 0 saturated heterocycles. The highest BCUT2D eigenvalue weighted by atomic mass is 19.1. The van der Waals surface area contributed by atoms with Crippen LogP contribution < -0.4 is 10.6 Å². The second kappa shape index (κ2) is 5.85. The lowest BCUT2D eigenvalue weighted by Gasteiger charge is -2.22. The van der Waals surface area contributed by atoms with E-state index in [-0.39, 0.29) is 5.82 Å². The first kappa shape index (κ1) is 13.6. The van der Waals surface area contributed by atoms with Gasteiger partial charge < -0.3 is 10.6 Å². The zero-order chi connectivity index (χ0) is 13.8. The first-order valence-corrected chi connectivity index (χ1v) is 6.35. The fourth-order valence-corrected chi connectivity index (χ4v) is 2.14. The first-order chi connectivity index (χ1) is 9.10. The number of benzene rings is 2. The minimum Gasteiger partial charge on any atom is -0.370 e. The van der Waals surface area contributed by atoms with E-state index >= 15 is 0 Å². The average Bonchev–Trinajstić information content (AvgIpc) is 2.41. The van der Waals surface area contributed by atoms with Crippen molar-refractivity contribution in [1.82, 2.24) is 0 Å². The van der Waals surface area contributed by atoms with Crippen molar-refractivity contribution in [3.8, 4) is 0 Å². The van der Waals surface area contributed by atoms with Gasteiger partial charge >= 0.3 is 0 Å². The maximum Gasteiger partial charge on any atom is 0.123 e. The van der Waals surface area contributed by atoms with Gasteiger partial charge in [-0.3, -0.25) is 0 Å². The molecule has 2 aromatic rings. The number of halogens is 1. The molecular formula is C16H19FN2. The van der Waals surface area contributed by atoms with E-state index in [0.717, 1.165) is 17.8 Å². The van der Waals surface area contributed by atoms with Crippen LogP contribution in [-0.2, 0) is 13.1 Å². The van der Waals surface area contributed by atoms with Crippen molar-refractivity contribution in [2.24, 2.45) is 5.73 Å². The SMILES string of the molecule is Cc1ccc(CN(C)c2ccc(F)cc2CN)cc1. The Balaban J connectivity index is 2.19. The van der Waals surface area contributed by atoms with Gasteiger partial charge in [0.05, 0.1) is 0 Å². The smallest absolute Gasteiger partial charge is 0.123 e. The van der Waals surface area contributed by atoms with Crippen LogP contribution >= 0.6 is 0 Å². The minimum atomic E-state index is -0.243. The highest BCUT2D eigenvalue weighted by Crippen LogP contribution is 2.22. The fourth-order valence-electron chi connectivity index (χ4n) is 2.14. The van der Waals surface area contributed by atoms with Crippen molar-refractivity contribution in [3.63, 3.8) is 0 Å². The van der Waals surface area contributed by atoms with Crippen LogP contribution in [0.5, 0.6) is 0 Å². The molecule has 19 heavy (non-hydrogen) atoms. The van der Waals surface area contributed by atoms with Gasteiger partial charge in [0.2, 0.25) is 0 Å². The Hall–Kier alpha value is -1.87. The Kier molecular flexibility index (Phi) is 4.17. The Morgan fingerprint density at radius 1 is 1.11 bits per heavy atom. The minimum absolute atomic E-state index is 0.243. The van der Waals surface area contributed by atoms with Crippen LogP contribution in [-0.4, -0.2) is 7.05 Å². The van der Waals surface area contributed by atoms with Gasteiger partial charge in [-0.15, -0.1) is 0 Å².